The van der Waals surface area contributed by atoms with Gasteiger partial charge in [0.25, 0.3) is 0 Å². The third-order valence-electron chi connectivity index (χ3n) is 5.05. The largest absolute Gasteiger partial charge is 0.492 e. The van der Waals surface area contributed by atoms with Gasteiger partial charge in [0.05, 0.1) is 24.8 Å². The molecule has 2 N–H and O–H groups in total. The molecule has 1 atom stereocenters. The molecule has 5 heteroatoms. The molecule has 2 aromatic rings. The summed E-state index contributed by atoms with van der Waals surface area (Å²) in [5.41, 5.74) is 12.9. The number of rotatable bonds is 4. The number of benzene rings is 2. The van der Waals surface area contributed by atoms with Gasteiger partial charge in [0.1, 0.15) is 11.4 Å². The van der Waals surface area contributed by atoms with E-state index in [0.29, 0.717) is 30.9 Å². The lowest BCUT2D eigenvalue weighted by Gasteiger charge is -2.26. The zero-order valence-electron chi connectivity index (χ0n) is 15.9. The van der Waals surface area contributed by atoms with E-state index in [1.807, 2.05) is 49.5 Å². The topological polar surface area (TPSA) is 83.8 Å². The minimum Gasteiger partial charge on any atom is -0.492 e. The average molecular weight is 370 g/mol. The molecule has 5 nitrogen and oxygen atoms in total. The van der Waals surface area contributed by atoms with E-state index in [0.717, 1.165) is 40.1 Å². The Morgan fingerprint density at radius 2 is 2.14 bits per heavy atom. The summed E-state index contributed by atoms with van der Waals surface area (Å²) in [6.07, 6.45) is 5.59. The van der Waals surface area contributed by atoms with E-state index < -0.39 is 0 Å². The lowest BCUT2D eigenvalue weighted by molar-refractivity contribution is 0.341. The zero-order chi connectivity index (χ0) is 19.5. The first kappa shape index (κ1) is 18.1. The quantitative estimate of drug-likeness (QED) is 0.860. The number of ether oxygens (including phenoxy) is 1. The van der Waals surface area contributed by atoms with Crippen LogP contribution in [0.3, 0.4) is 0 Å². The predicted molar refractivity (Wildman–Crippen MR) is 112 cm³/mol. The zero-order valence-corrected chi connectivity index (χ0v) is 15.9. The summed E-state index contributed by atoms with van der Waals surface area (Å²) in [6.45, 7) is 3.13. The Bertz CT molecular complexity index is 1040. The molecule has 0 aliphatic carbocycles. The second-order valence-electron chi connectivity index (χ2n) is 6.86. The summed E-state index contributed by atoms with van der Waals surface area (Å²) < 4.78 is 5.93. The summed E-state index contributed by atoms with van der Waals surface area (Å²) >= 11 is 0. The molecular weight excluding hydrogens is 348 g/mol. The van der Waals surface area contributed by atoms with Crippen molar-refractivity contribution in [3.63, 3.8) is 0 Å². The maximum Gasteiger partial charge on any atom is 0.145 e. The van der Waals surface area contributed by atoms with Gasteiger partial charge in [0.2, 0.25) is 0 Å². The van der Waals surface area contributed by atoms with Crippen LogP contribution in [-0.4, -0.2) is 25.1 Å². The molecule has 2 heterocycles. The summed E-state index contributed by atoms with van der Waals surface area (Å²) in [4.78, 5) is 9.29. The first-order valence-corrected chi connectivity index (χ1v) is 9.52. The number of nitrogens with two attached hydrogens (primary N) is 1. The molecule has 4 rings (SSSR count). The van der Waals surface area contributed by atoms with E-state index >= 15 is 0 Å². The van der Waals surface area contributed by atoms with Gasteiger partial charge in [-0.3, -0.25) is 4.99 Å². The van der Waals surface area contributed by atoms with Gasteiger partial charge in [-0.05, 0) is 47.4 Å². The molecule has 2 aliphatic rings. The van der Waals surface area contributed by atoms with Crippen molar-refractivity contribution in [1.29, 1.82) is 5.26 Å². The fraction of sp³-hybridized carbons (Fsp3) is 0.261. The molecule has 0 amide bonds. The SMILES string of the molecule is CCOc1cc(-c2ccccc2C#N)cc2c1N=C(C1=CCC=NC1)CC2N. The Kier molecular flexibility index (Phi) is 5.05. The number of dihydropyridines is 1. The van der Waals surface area contributed by atoms with Crippen LogP contribution in [0, 0.1) is 11.3 Å². The molecule has 0 fully saturated rings. The summed E-state index contributed by atoms with van der Waals surface area (Å²) in [7, 11) is 0. The van der Waals surface area contributed by atoms with Crippen molar-refractivity contribution in [3.8, 4) is 22.9 Å². The van der Waals surface area contributed by atoms with E-state index in [2.05, 4.69) is 17.1 Å². The number of allylic oxidation sites excluding steroid dienone is 1. The molecule has 140 valence electrons. The van der Waals surface area contributed by atoms with Crippen molar-refractivity contribution in [2.45, 2.75) is 25.8 Å². The number of nitriles is 1. The molecule has 1 unspecified atom stereocenters. The maximum absolute atomic E-state index is 9.48. The highest BCUT2D eigenvalue weighted by Crippen LogP contribution is 2.44. The highest BCUT2D eigenvalue weighted by Gasteiger charge is 2.26. The summed E-state index contributed by atoms with van der Waals surface area (Å²) in [6, 6.07) is 13.7. The van der Waals surface area contributed by atoms with Gasteiger partial charge in [-0.2, -0.15) is 5.26 Å². The smallest absolute Gasteiger partial charge is 0.145 e. The Labute approximate surface area is 164 Å². The average Bonchev–Trinajstić information content (AvgIpc) is 2.74. The summed E-state index contributed by atoms with van der Waals surface area (Å²) in [5.74, 6) is 0.704. The van der Waals surface area contributed by atoms with Crippen molar-refractivity contribution in [3.05, 3.63) is 59.2 Å². The van der Waals surface area contributed by atoms with E-state index in [4.69, 9.17) is 15.5 Å². The second kappa shape index (κ2) is 7.79. The van der Waals surface area contributed by atoms with Crippen LogP contribution in [0.15, 0.2) is 58.0 Å². The fourth-order valence-corrected chi connectivity index (χ4v) is 3.69. The van der Waals surface area contributed by atoms with Crippen LogP contribution in [0.2, 0.25) is 0 Å². The third-order valence-corrected chi connectivity index (χ3v) is 5.05. The molecule has 0 bridgehead atoms. The second-order valence-corrected chi connectivity index (χ2v) is 6.86. The van der Waals surface area contributed by atoms with Crippen LogP contribution >= 0.6 is 0 Å². The van der Waals surface area contributed by atoms with Crippen LogP contribution in [0.4, 0.5) is 5.69 Å². The normalized spacial score (nSPS) is 18.0. The number of fused-ring (bicyclic) bond motifs is 1. The van der Waals surface area contributed by atoms with Crippen LogP contribution in [-0.2, 0) is 0 Å². The lowest BCUT2D eigenvalue weighted by Crippen LogP contribution is -2.22. The van der Waals surface area contributed by atoms with E-state index in [1.54, 1.807) is 0 Å². The summed E-state index contributed by atoms with van der Waals surface area (Å²) in [5, 5.41) is 9.48. The van der Waals surface area contributed by atoms with Crippen LogP contribution < -0.4 is 10.5 Å². The van der Waals surface area contributed by atoms with E-state index in [1.165, 1.54) is 0 Å². The van der Waals surface area contributed by atoms with Gasteiger partial charge in [0, 0.05) is 30.8 Å². The number of hydrogen-bond donors (Lipinski definition) is 1. The van der Waals surface area contributed by atoms with Crippen molar-refractivity contribution in [2.75, 3.05) is 13.2 Å². The maximum atomic E-state index is 9.48. The van der Waals surface area contributed by atoms with Crippen LogP contribution in [0.5, 0.6) is 5.75 Å². The number of nitrogens with zero attached hydrogens (tertiary/aromatic N) is 3. The monoisotopic (exact) mass is 370 g/mol. The molecule has 0 aromatic heterocycles. The Hall–Kier alpha value is -3.23. The van der Waals surface area contributed by atoms with Crippen molar-refractivity contribution < 1.29 is 4.74 Å². The Morgan fingerprint density at radius 3 is 2.89 bits per heavy atom. The molecular formula is C23H22N4O. The van der Waals surface area contributed by atoms with Gasteiger partial charge in [-0.25, -0.2) is 4.99 Å². The van der Waals surface area contributed by atoms with Crippen LogP contribution in [0.25, 0.3) is 11.1 Å². The molecule has 0 spiro atoms. The van der Waals surface area contributed by atoms with Crippen LogP contribution in [0.1, 0.15) is 36.9 Å². The molecule has 0 saturated carbocycles. The molecule has 2 aromatic carbocycles. The van der Waals surface area contributed by atoms with E-state index in [9.17, 15) is 5.26 Å². The highest BCUT2D eigenvalue weighted by molar-refractivity contribution is 6.05. The first-order valence-electron chi connectivity index (χ1n) is 9.52. The number of aliphatic imine (C=N–C) groups is 2. The number of hydrogen-bond acceptors (Lipinski definition) is 5. The minimum atomic E-state index is -0.178. The first-order chi connectivity index (χ1) is 13.7. The Balaban J connectivity index is 1.85. The van der Waals surface area contributed by atoms with Crippen molar-refractivity contribution in [2.24, 2.45) is 15.7 Å². The third kappa shape index (κ3) is 3.35. The predicted octanol–water partition coefficient (Wildman–Crippen LogP) is 4.50. The molecule has 2 aliphatic heterocycles. The lowest BCUT2D eigenvalue weighted by atomic mass is 9.89. The van der Waals surface area contributed by atoms with Gasteiger partial charge in [-0.1, -0.05) is 24.3 Å². The van der Waals surface area contributed by atoms with Crippen molar-refractivity contribution in [1.82, 2.24) is 0 Å². The van der Waals surface area contributed by atoms with Gasteiger partial charge < -0.3 is 10.5 Å². The van der Waals surface area contributed by atoms with Gasteiger partial charge in [0.15, 0.2) is 0 Å². The molecule has 28 heavy (non-hydrogen) atoms. The van der Waals surface area contributed by atoms with Crippen molar-refractivity contribution >= 4 is 17.6 Å². The molecule has 0 radical (unpaired) electrons. The minimum absolute atomic E-state index is 0.178. The molecule has 0 saturated heterocycles. The Morgan fingerprint density at radius 1 is 1.29 bits per heavy atom. The highest BCUT2D eigenvalue weighted by atomic mass is 16.5. The van der Waals surface area contributed by atoms with Gasteiger partial charge >= 0.3 is 0 Å². The van der Waals surface area contributed by atoms with Gasteiger partial charge in [-0.15, -0.1) is 0 Å². The fourth-order valence-electron chi connectivity index (χ4n) is 3.69. The van der Waals surface area contributed by atoms with E-state index in [-0.39, 0.29) is 6.04 Å². The standard InChI is InChI=1S/C23H22N4O/c1-2-28-22-11-17(18-8-4-3-6-15(18)13-24)10-19-20(25)12-21(27-23(19)22)16-7-5-9-26-14-16/h3-4,6-11,20H,2,5,12,14,25H2,1H3.